The van der Waals surface area contributed by atoms with Gasteiger partial charge in [0.2, 0.25) is 5.91 Å². The van der Waals surface area contributed by atoms with Crippen molar-refractivity contribution in [1.29, 1.82) is 0 Å². The van der Waals surface area contributed by atoms with E-state index in [-0.39, 0.29) is 23.7 Å². The lowest BCUT2D eigenvalue weighted by Crippen LogP contribution is -2.37. The molecule has 0 bridgehead atoms. The first-order valence-corrected chi connectivity index (χ1v) is 9.62. The normalized spacial score (nSPS) is 23.0. The van der Waals surface area contributed by atoms with Crippen molar-refractivity contribution in [2.24, 2.45) is 11.8 Å². The first kappa shape index (κ1) is 19.7. The van der Waals surface area contributed by atoms with Crippen LogP contribution < -0.4 is 10.6 Å². The number of halogens is 2. The molecule has 1 aromatic carbocycles. The number of rotatable bonds is 6. The van der Waals surface area contributed by atoms with Crippen molar-refractivity contribution < 1.29 is 4.79 Å². The molecule has 2 atom stereocenters. The minimum atomic E-state index is 0. The zero-order chi connectivity index (χ0) is 16.3. The van der Waals surface area contributed by atoms with E-state index in [4.69, 9.17) is 0 Å². The summed E-state index contributed by atoms with van der Waals surface area (Å²) < 4.78 is 1.16. The van der Waals surface area contributed by atoms with E-state index in [1.165, 1.54) is 18.4 Å². The second-order valence-electron chi connectivity index (χ2n) is 7.32. The molecule has 1 aliphatic carbocycles. The van der Waals surface area contributed by atoms with Gasteiger partial charge in [-0.2, -0.15) is 0 Å². The minimum Gasteiger partial charge on any atom is -0.355 e. The Labute approximate surface area is 159 Å². The zero-order valence-corrected chi connectivity index (χ0v) is 16.7. The van der Waals surface area contributed by atoms with Gasteiger partial charge in [-0.3, -0.25) is 4.79 Å². The summed E-state index contributed by atoms with van der Waals surface area (Å²) in [5, 5.41) is 6.65. The van der Waals surface area contributed by atoms with E-state index < -0.39 is 0 Å². The Kier molecular flexibility index (Phi) is 7.14. The Morgan fingerprint density at radius 3 is 2.79 bits per heavy atom. The van der Waals surface area contributed by atoms with E-state index in [2.05, 4.69) is 51.7 Å². The minimum absolute atomic E-state index is 0. The average Bonchev–Trinajstić information content (AvgIpc) is 3.35. The maximum Gasteiger partial charge on any atom is 0.220 e. The summed E-state index contributed by atoms with van der Waals surface area (Å²) in [6.07, 6.45) is 5.47. The molecule has 1 aromatic rings. The third kappa shape index (κ3) is 4.74. The SMILES string of the molecule is CC(CC(=O)NCC1(c2ccccc2Br)CC1)C1CCCNC1.Cl. The highest BCUT2D eigenvalue weighted by Crippen LogP contribution is 2.49. The molecule has 0 radical (unpaired) electrons. The Morgan fingerprint density at radius 1 is 1.42 bits per heavy atom. The number of nitrogens with one attached hydrogen (secondary N) is 2. The van der Waals surface area contributed by atoms with Gasteiger partial charge >= 0.3 is 0 Å². The first-order valence-electron chi connectivity index (χ1n) is 8.83. The largest absolute Gasteiger partial charge is 0.355 e. The fourth-order valence-corrected chi connectivity index (χ4v) is 4.45. The maximum atomic E-state index is 12.3. The average molecular weight is 416 g/mol. The monoisotopic (exact) mass is 414 g/mol. The van der Waals surface area contributed by atoms with Crippen molar-refractivity contribution in [2.45, 2.75) is 44.4 Å². The van der Waals surface area contributed by atoms with Crippen LogP contribution in [0.3, 0.4) is 0 Å². The predicted octanol–water partition coefficient (Wildman–Crippen LogP) is 4.04. The molecule has 1 saturated heterocycles. The topological polar surface area (TPSA) is 41.1 Å². The predicted molar refractivity (Wildman–Crippen MR) is 105 cm³/mol. The van der Waals surface area contributed by atoms with E-state index in [1.54, 1.807) is 0 Å². The van der Waals surface area contributed by atoms with Crippen LogP contribution in [0, 0.1) is 11.8 Å². The van der Waals surface area contributed by atoms with Crippen molar-refractivity contribution >= 4 is 34.2 Å². The summed E-state index contributed by atoms with van der Waals surface area (Å²) in [6.45, 7) is 5.18. The summed E-state index contributed by atoms with van der Waals surface area (Å²) in [5.74, 6) is 1.32. The van der Waals surface area contributed by atoms with Crippen LogP contribution in [0.4, 0.5) is 0 Å². The molecule has 1 saturated carbocycles. The van der Waals surface area contributed by atoms with Gasteiger partial charge in [-0.05, 0) is 62.2 Å². The number of piperidine rings is 1. The molecule has 2 unspecified atom stereocenters. The van der Waals surface area contributed by atoms with E-state index >= 15 is 0 Å². The van der Waals surface area contributed by atoms with Gasteiger partial charge in [-0.25, -0.2) is 0 Å². The van der Waals surface area contributed by atoms with E-state index in [0.717, 1.165) is 36.9 Å². The summed E-state index contributed by atoms with van der Waals surface area (Å²) in [4.78, 5) is 12.3. The Hall–Kier alpha value is -0.580. The number of carbonyl (C=O) groups excluding carboxylic acids is 1. The molecule has 5 heteroatoms. The smallest absolute Gasteiger partial charge is 0.220 e. The molecule has 134 valence electrons. The molecule has 1 amide bonds. The Bertz CT molecular complexity index is 556. The lowest BCUT2D eigenvalue weighted by atomic mass is 9.85. The van der Waals surface area contributed by atoms with Gasteiger partial charge in [0, 0.05) is 22.9 Å². The lowest BCUT2D eigenvalue weighted by Gasteiger charge is -2.28. The van der Waals surface area contributed by atoms with Crippen LogP contribution in [0.5, 0.6) is 0 Å². The highest BCUT2D eigenvalue weighted by atomic mass is 79.9. The van der Waals surface area contributed by atoms with E-state index in [1.807, 2.05) is 6.07 Å². The molecule has 2 N–H and O–H groups in total. The van der Waals surface area contributed by atoms with E-state index in [9.17, 15) is 4.79 Å². The van der Waals surface area contributed by atoms with Gasteiger partial charge in [0.25, 0.3) is 0 Å². The van der Waals surface area contributed by atoms with Crippen molar-refractivity contribution in [3.63, 3.8) is 0 Å². The number of amides is 1. The quantitative estimate of drug-likeness (QED) is 0.736. The fourth-order valence-electron chi connectivity index (χ4n) is 3.75. The van der Waals surface area contributed by atoms with Crippen molar-refractivity contribution in [3.8, 4) is 0 Å². The summed E-state index contributed by atoms with van der Waals surface area (Å²) in [6, 6.07) is 8.40. The Balaban J connectivity index is 0.00000208. The molecule has 3 nitrogen and oxygen atoms in total. The maximum absolute atomic E-state index is 12.3. The van der Waals surface area contributed by atoms with Gasteiger partial charge in [0.1, 0.15) is 0 Å². The zero-order valence-electron chi connectivity index (χ0n) is 14.3. The number of carbonyl (C=O) groups is 1. The molecule has 0 aromatic heterocycles. The van der Waals surface area contributed by atoms with Gasteiger partial charge in [-0.1, -0.05) is 41.1 Å². The van der Waals surface area contributed by atoms with Gasteiger partial charge in [0.05, 0.1) is 0 Å². The highest BCUT2D eigenvalue weighted by molar-refractivity contribution is 9.10. The van der Waals surface area contributed by atoms with Crippen molar-refractivity contribution in [3.05, 3.63) is 34.3 Å². The molecule has 1 aliphatic heterocycles. The molecule has 2 aliphatic rings. The Morgan fingerprint density at radius 2 is 2.17 bits per heavy atom. The van der Waals surface area contributed by atoms with Gasteiger partial charge < -0.3 is 10.6 Å². The third-order valence-corrected chi connectivity index (χ3v) is 6.26. The lowest BCUT2D eigenvalue weighted by molar-refractivity contribution is -0.122. The molecule has 0 spiro atoms. The molecule has 2 fully saturated rings. The highest BCUT2D eigenvalue weighted by Gasteiger charge is 2.45. The molecule has 24 heavy (non-hydrogen) atoms. The summed E-state index contributed by atoms with van der Waals surface area (Å²) in [5.41, 5.74) is 1.50. The number of hydrogen-bond donors (Lipinski definition) is 2. The van der Waals surface area contributed by atoms with Gasteiger partial charge in [-0.15, -0.1) is 12.4 Å². The van der Waals surface area contributed by atoms with Crippen LogP contribution in [0.15, 0.2) is 28.7 Å². The van der Waals surface area contributed by atoms with E-state index in [0.29, 0.717) is 18.3 Å². The standard InChI is InChI=1S/C19H27BrN2O.ClH/c1-14(15-5-4-10-21-12-15)11-18(23)22-13-19(8-9-19)16-6-2-3-7-17(16)20;/h2-3,6-7,14-15,21H,4-5,8-13H2,1H3,(H,22,23);1H. The first-order chi connectivity index (χ1) is 11.1. The van der Waals surface area contributed by atoms with Crippen molar-refractivity contribution in [2.75, 3.05) is 19.6 Å². The van der Waals surface area contributed by atoms with Gasteiger partial charge in [0.15, 0.2) is 0 Å². The van der Waals surface area contributed by atoms with Crippen LogP contribution in [0.1, 0.15) is 44.6 Å². The second-order valence-corrected chi connectivity index (χ2v) is 8.18. The van der Waals surface area contributed by atoms with Crippen molar-refractivity contribution in [1.82, 2.24) is 10.6 Å². The van der Waals surface area contributed by atoms with Crippen LogP contribution in [0.25, 0.3) is 0 Å². The number of benzene rings is 1. The van der Waals surface area contributed by atoms with Crippen LogP contribution in [-0.2, 0) is 10.2 Å². The van der Waals surface area contributed by atoms with Crippen LogP contribution in [0.2, 0.25) is 0 Å². The molecular weight excluding hydrogens is 388 g/mol. The third-order valence-electron chi connectivity index (χ3n) is 5.57. The molecule has 3 rings (SSSR count). The summed E-state index contributed by atoms with van der Waals surface area (Å²) >= 11 is 3.65. The fraction of sp³-hybridized carbons (Fsp3) is 0.632. The molecule has 1 heterocycles. The second kappa shape index (κ2) is 8.68. The summed E-state index contributed by atoms with van der Waals surface area (Å²) in [7, 11) is 0. The van der Waals surface area contributed by atoms with Crippen LogP contribution in [-0.4, -0.2) is 25.5 Å². The molecular formula is C19H28BrClN2O. The number of hydrogen-bond acceptors (Lipinski definition) is 2. The van der Waals surface area contributed by atoms with Crippen LogP contribution >= 0.6 is 28.3 Å².